The molecule has 0 spiro atoms. The summed E-state index contributed by atoms with van der Waals surface area (Å²) in [6, 6.07) is 9.23. The zero-order chi connectivity index (χ0) is 12.0. The van der Waals surface area contributed by atoms with E-state index in [1.807, 2.05) is 12.1 Å². The van der Waals surface area contributed by atoms with Gasteiger partial charge in [-0.15, -0.1) is 0 Å². The molecule has 1 aromatic carbocycles. The van der Waals surface area contributed by atoms with E-state index >= 15 is 0 Å². The first kappa shape index (κ1) is 12.5. The number of nitrogens with zero attached hydrogens (tertiary/aromatic N) is 1. The summed E-state index contributed by atoms with van der Waals surface area (Å²) in [6.07, 6.45) is 1.02. The average molecular weight is 237 g/mol. The lowest BCUT2D eigenvalue weighted by molar-refractivity contribution is -0.119. The largest absolute Gasteiger partial charge is 0.350 e. The minimum absolute atomic E-state index is 0.0992. The van der Waals surface area contributed by atoms with Crippen LogP contribution in [0.15, 0.2) is 24.3 Å². The van der Waals surface area contributed by atoms with E-state index in [1.165, 1.54) is 6.92 Å². The fourth-order valence-corrected chi connectivity index (χ4v) is 1.60. The summed E-state index contributed by atoms with van der Waals surface area (Å²) in [4.78, 5) is 11.0. The quantitative estimate of drug-likeness (QED) is 0.874. The predicted octanol–water partition coefficient (Wildman–Crippen LogP) is 2.82. The molecular weight excluding hydrogens is 224 g/mol. The van der Waals surface area contributed by atoms with Crippen molar-refractivity contribution < 1.29 is 4.79 Å². The van der Waals surface area contributed by atoms with Gasteiger partial charge >= 0.3 is 0 Å². The lowest BCUT2D eigenvalue weighted by atomic mass is 10.0. The van der Waals surface area contributed by atoms with Crippen molar-refractivity contribution in [2.75, 3.05) is 0 Å². The molecule has 0 aliphatic heterocycles. The van der Waals surface area contributed by atoms with Crippen LogP contribution in [0.25, 0.3) is 0 Å². The van der Waals surface area contributed by atoms with Crippen LogP contribution in [-0.2, 0) is 4.79 Å². The minimum Gasteiger partial charge on any atom is -0.350 e. The number of hydrogen-bond acceptors (Lipinski definition) is 2. The number of carbonyl (C=O) groups is 1. The molecule has 0 fully saturated rings. The van der Waals surface area contributed by atoms with E-state index in [-0.39, 0.29) is 11.9 Å². The summed E-state index contributed by atoms with van der Waals surface area (Å²) in [5.41, 5.74) is 0.967. The van der Waals surface area contributed by atoms with Gasteiger partial charge in [-0.2, -0.15) is 5.26 Å². The lowest BCUT2D eigenvalue weighted by Gasteiger charge is -2.16. The summed E-state index contributed by atoms with van der Waals surface area (Å²) < 4.78 is 0. The Labute approximate surface area is 100 Å². The highest BCUT2D eigenvalue weighted by Gasteiger charge is 2.11. The van der Waals surface area contributed by atoms with Crippen LogP contribution < -0.4 is 5.32 Å². The maximum absolute atomic E-state index is 11.0. The van der Waals surface area contributed by atoms with Gasteiger partial charge in [-0.05, 0) is 24.1 Å². The molecule has 84 valence electrons. The Morgan fingerprint density at radius 3 is 2.62 bits per heavy atom. The number of hydrogen-bond donors (Lipinski definition) is 1. The predicted molar refractivity (Wildman–Crippen MR) is 62.9 cm³/mol. The van der Waals surface area contributed by atoms with Gasteiger partial charge in [-0.3, -0.25) is 4.79 Å². The second kappa shape index (κ2) is 6.14. The van der Waals surface area contributed by atoms with Crippen LogP contribution in [0.3, 0.4) is 0 Å². The van der Waals surface area contributed by atoms with Gasteiger partial charge in [0.05, 0.1) is 12.1 Å². The smallest absolute Gasteiger partial charge is 0.217 e. The maximum atomic E-state index is 11.0. The van der Waals surface area contributed by atoms with Crippen LogP contribution in [0, 0.1) is 11.3 Å². The first-order chi connectivity index (χ1) is 7.63. The molecule has 1 atom stereocenters. The van der Waals surface area contributed by atoms with Crippen LogP contribution in [0.5, 0.6) is 0 Å². The van der Waals surface area contributed by atoms with Crippen molar-refractivity contribution in [3.05, 3.63) is 34.9 Å². The Balaban J connectivity index is 2.79. The van der Waals surface area contributed by atoms with Gasteiger partial charge in [0.15, 0.2) is 0 Å². The molecule has 0 heterocycles. The highest BCUT2D eigenvalue weighted by Crippen LogP contribution is 2.20. The Morgan fingerprint density at radius 1 is 1.50 bits per heavy atom. The molecule has 1 aromatic rings. The van der Waals surface area contributed by atoms with E-state index in [0.717, 1.165) is 5.56 Å². The van der Waals surface area contributed by atoms with Gasteiger partial charge in [0.1, 0.15) is 0 Å². The third-order valence-corrected chi connectivity index (χ3v) is 2.45. The van der Waals surface area contributed by atoms with Gasteiger partial charge in [-0.25, -0.2) is 0 Å². The summed E-state index contributed by atoms with van der Waals surface area (Å²) in [7, 11) is 0. The summed E-state index contributed by atoms with van der Waals surface area (Å²) >= 11 is 5.79. The normalized spacial score (nSPS) is 11.6. The summed E-state index contributed by atoms with van der Waals surface area (Å²) in [5.74, 6) is -0.0992. The number of amides is 1. The van der Waals surface area contributed by atoms with Crippen LogP contribution in [0.1, 0.15) is 31.4 Å². The Morgan fingerprint density at radius 2 is 2.12 bits per heavy atom. The van der Waals surface area contributed by atoms with Crippen LogP contribution in [-0.4, -0.2) is 5.91 Å². The third kappa shape index (κ3) is 3.92. The molecule has 0 unspecified atom stereocenters. The molecule has 0 saturated carbocycles. The minimum atomic E-state index is -0.116. The lowest BCUT2D eigenvalue weighted by Crippen LogP contribution is -2.25. The second-order valence-corrected chi connectivity index (χ2v) is 3.94. The molecule has 3 nitrogen and oxygen atoms in total. The van der Waals surface area contributed by atoms with Crippen molar-refractivity contribution >= 4 is 17.5 Å². The van der Waals surface area contributed by atoms with Gasteiger partial charge in [0, 0.05) is 18.4 Å². The molecule has 1 N–H and O–H groups in total. The third-order valence-electron chi connectivity index (χ3n) is 2.19. The molecule has 0 saturated heterocycles. The van der Waals surface area contributed by atoms with Crippen molar-refractivity contribution in [3.8, 4) is 6.07 Å². The topological polar surface area (TPSA) is 52.9 Å². The number of benzene rings is 1. The average Bonchev–Trinajstić information content (AvgIpc) is 2.25. The fraction of sp³-hybridized carbons (Fsp3) is 0.333. The Kier molecular flexibility index (Phi) is 4.81. The SMILES string of the molecule is CC(=O)N[C@@H](CCC#N)c1ccc(Cl)cc1. The van der Waals surface area contributed by atoms with Crippen LogP contribution in [0.2, 0.25) is 5.02 Å². The molecular formula is C12H13ClN2O. The van der Waals surface area contributed by atoms with Gasteiger partial charge in [0.25, 0.3) is 0 Å². The first-order valence-corrected chi connectivity index (χ1v) is 5.41. The number of halogens is 1. The van der Waals surface area contributed by atoms with E-state index in [4.69, 9.17) is 16.9 Å². The van der Waals surface area contributed by atoms with E-state index in [0.29, 0.717) is 17.9 Å². The Hall–Kier alpha value is -1.53. The monoisotopic (exact) mass is 236 g/mol. The molecule has 0 aromatic heterocycles. The number of nitriles is 1. The van der Waals surface area contributed by atoms with Crippen molar-refractivity contribution in [2.45, 2.75) is 25.8 Å². The van der Waals surface area contributed by atoms with Gasteiger partial charge in [-0.1, -0.05) is 23.7 Å². The number of carbonyl (C=O) groups excluding carboxylic acids is 1. The molecule has 16 heavy (non-hydrogen) atoms. The molecule has 1 rings (SSSR count). The van der Waals surface area contributed by atoms with E-state index in [1.54, 1.807) is 12.1 Å². The van der Waals surface area contributed by atoms with Gasteiger partial charge in [0.2, 0.25) is 5.91 Å². The molecule has 0 bridgehead atoms. The van der Waals surface area contributed by atoms with E-state index in [9.17, 15) is 4.79 Å². The molecule has 0 radical (unpaired) electrons. The molecule has 4 heteroatoms. The van der Waals surface area contributed by atoms with E-state index < -0.39 is 0 Å². The van der Waals surface area contributed by atoms with Gasteiger partial charge < -0.3 is 5.32 Å². The standard InChI is InChI=1S/C12H13ClN2O/c1-9(16)15-12(3-2-8-14)10-4-6-11(13)7-5-10/h4-7,12H,2-3H2,1H3,(H,15,16)/t12-/m0/s1. The summed E-state index contributed by atoms with van der Waals surface area (Å²) in [5, 5.41) is 12.0. The van der Waals surface area contributed by atoms with Crippen molar-refractivity contribution in [1.29, 1.82) is 5.26 Å². The number of nitrogens with one attached hydrogen (secondary N) is 1. The zero-order valence-electron chi connectivity index (χ0n) is 9.03. The molecule has 0 aliphatic carbocycles. The maximum Gasteiger partial charge on any atom is 0.217 e. The van der Waals surface area contributed by atoms with Crippen LogP contribution in [0.4, 0.5) is 0 Å². The Bertz CT molecular complexity index is 394. The highest BCUT2D eigenvalue weighted by molar-refractivity contribution is 6.30. The summed E-state index contributed by atoms with van der Waals surface area (Å²) in [6.45, 7) is 1.47. The van der Waals surface area contributed by atoms with Crippen molar-refractivity contribution in [1.82, 2.24) is 5.32 Å². The van der Waals surface area contributed by atoms with E-state index in [2.05, 4.69) is 11.4 Å². The molecule has 1 amide bonds. The van der Waals surface area contributed by atoms with Crippen molar-refractivity contribution in [2.24, 2.45) is 0 Å². The fourth-order valence-electron chi connectivity index (χ4n) is 1.47. The highest BCUT2D eigenvalue weighted by atomic mass is 35.5. The van der Waals surface area contributed by atoms with Crippen LogP contribution >= 0.6 is 11.6 Å². The zero-order valence-corrected chi connectivity index (χ0v) is 9.79. The number of rotatable bonds is 4. The van der Waals surface area contributed by atoms with Crippen molar-refractivity contribution in [3.63, 3.8) is 0 Å². The second-order valence-electron chi connectivity index (χ2n) is 3.50. The first-order valence-electron chi connectivity index (χ1n) is 5.03. The molecule has 0 aliphatic rings.